The van der Waals surface area contributed by atoms with Crippen LogP contribution in [0.25, 0.3) is 0 Å². The molecule has 11 heavy (non-hydrogen) atoms. The topological polar surface area (TPSA) is 35.2 Å². The number of ether oxygens (including phenoxy) is 1. The van der Waals surface area contributed by atoms with Gasteiger partial charge in [-0.25, -0.2) is 0 Å². The zero-order chi connectivity index (χ0) is 7.90. The molecule has 2 N–H and O–H groups in total. The lowest BCUT2D eigenvalue weighted by molar-refractivity contribution is -0.163. The van der Waals surface area contributed by atoms with Gasteiger partial charge in [-0.05, 0) is 26.2 Å². The summed E-state index contributed by atoms with van der Waals surface area (Å²) >= 11 is 0. The largest absolute Gasteiger partial charge is 0.378 e. The van der Waals surface area contributed by atoms with E-state index < -0.39 is 0 Å². The Labute approximate surface area is 68.1 Å². The monoisotopic (exact) mass is 155 g/mol. The quantitative estimate of drug-likeness (QED) is 0.652. The molecule has 0 aromatic carbocycles. The van der Waals surface area contributed by atoms with Gasteiger partial charge in [0.25, 0.3) is 0 Å². The Balaban J connectivity index is 1.94. The molecule has 1 spiro atoms. The highest BCUT2D eigenvalue weighted by Crippen LogP contribution is 2.56. The van der Waals surface area contributed by atoms with Crippen molar-refractivity contribution in [2.24, 2.45) is 11.1 Å². The Morgan fingerprint density at radius 2 is 2.27 bits per heavy atom. The molecule has 2 saturated carbocycles. The molecule has 2 nitrogen and oxygen atoms in total. The van der Waals surface area contributed by atoms with E-state index in [9.17, 15) is 0 Å². The van der Waals surface area contributed by atoms with Crippen LogP contribution in [-0.2, 0) is 4.74 Å². The molecule has 0 heterocycles. The van der Waals surface area contributed by atoms with E-state index >= 15 is 0 Å². The van der Waals surface area contributed by atoms with Crippen LogP contribution in [0.3, 0.4) is 0 Å². The maximum atomic E-state index is 5.96. The van der Waals surface area contributed by atoms with Gasteiger partial charge < -0.3 is 10.5 Å². The molecular formula is C9H17NO. The molecule has 0 bridgehead atoms. The molecule has 0 unspecified atom stereocenters. The van der Waals surface area contributed by atoms with E-state index in [1.54, 1.807) is 0 Å². The second-order valence-electron chi connectivity index (χ2n) is 3.87. The molecule has 2 atom stereocenters. The van der Waals surface area contributed by atoms with Crippen LogP contribution in [0, 0.1) is 5.41 Å². The fourth-order valence-corrected chi connectivity index (χ4v) is 2.49. The minimum absolute atomic E-state index is 0.427. The van der Waals surface area contributed by atoms with Gasteiger partial charge >= 0.3 is 0 Å². The summed E-state index contributed by atoms with van der Waals surface area (Å²) in [5, 5.41) is 0. The molecule has 2 aliphatic rings. The maximum absolute atomic E-state index is 5.96. The minimum atomic E-state index is 0.427. The van der Waals surface area contributed by atoms with Crippen LogP contribution < -0.4 is 5.73 Å². The summed E-state index contributed by atoms with van der Waals surface area (Å²) in [6.45, 7) is 2.91. The van der Waals surface area contributed by atoms with Crippen LogP contribution in [0.1, 0.15) is 32.6 Å². The van der Waals surface area contributed by atoms with Crippen LogP contribution in [0.15, 0.2) is 0 Å². The highest BCUT2D eigenvalue weighted by molar-refractivity contribution is 5.10. The predicted molar refractivity (Wildman–Crippen MR) is 44.3 cm³/mol. The SMILES string of the molecule is CCO[C@H]1C[C@@H](N)C12CCC2. The Morgan fingerprint density at radius 3 is 2.64 bits per heavy atom. The van der Waals surface area contributed by atoms with Gasteiger partial charge in [-0.2, -0.15) is 0 Å². The normalized spacial score (nSPS) is 39.8. The van der Waals surface area contributed by atoms with Crippen molar-refractivity contribution in [3.05, 3.63) is 0 Å². The van der Waals surface area contributed by atoms with E-state index in [1.807, 2.05) is 0 Å². The molecule has 0 aromatic heterocycles. The van der Waals surface area contributed by atoms with Crippen LogP contribution >= 0.6 is 0 Å². The minimum Gasteiger partial charge on any atom is -0.378 e. The van der Waals surface area contributed by atoms with Crippen molar-refractivity contribution in [3.63, 3.8) is 0 Å². The van der Waals surface area contributed by atoms with Gasteiger partial charge in [-0.3, -0.25) is 0 Å². The Morgan fingerprint density at radius 1 is 1.55 bits per heavy atom. The van der Waals surface area contributed by atoms with Crippen LogP contribution in [0.2, 0.25) is 0 Å². The van der Waals surface area contributed by atoms with Crippen molar-refractivity contribution in [1.82, 2.24) is 0 Å². The van der Waals surface area contributed by atoms with E-state index in [2.05, 4.69) is 6.92 Å². The Kier molecular flexibility index (Phi) is 1.69. The predicted octanol–water partition coefficient (Wildman–Crippen LogP) is 1.29. The first-order chi connectivity index (χ1) is 5.29. The van der Waals surface area contributed by atoms with E-state index in [0.717, 1.165) is 13.0 Å². The molecule has 0 aromatic rings. The molecule has 2 rings (SSSR count). The first kappa shape index (κ1) is 7.56. The number of hydrogen-bond acceptors (Lipinski definition) is 2. The Bertz CT molecular complexity index is 152. The van der Waals surface area contributed by atoms with Crippen molar-refractivity contribution < 1.29 is 4.74 Å². The first-order valence-electron chi connectivity index (χ1n) is 4.67. The third kappa shape index (κ3) is 0.859. The maximum Gasteiger partial charge on any atom is 0.0660 e. The highest BCUT2D eigenvalue weighted by atomic mass is 16.5. The number of rotatable bonds is 2. The molecule has 0 aliphatic heterocycles. The fraction of sp³-hybridized carbons (Fsp3) is 1.00. The average molecular weight is 155 g/mol. The molecule has 0 saturated heterocycles. The summed E-state index contributed by atoms with van der Waals surface area (Å²) in [5.74, 6) is 0. The van der Waals surface area contributed by atoms with Crippen molar-refractivity contribution in [2.75, 3.05) is 6.61 Å². The van der Waals surface area contributed by atoms with Gasteiger partial charge in [0.05, 0.1) is 6.10 Å². The lowest BCUT2D eigenvalue weighted by atomic mass is 9.51. The number of nitrogens with two attached hydrogens (primary N) is 1. The summed E-state index contributed by atoms with van der Waals surface area (Å²) in [5.41, 5.74) is 6.39. The molecular weight excluding hydrogens is 138 g/mol. The van der Waals surface area contributed by atoms with Gasteiger partial charge in [0.1, 0.15) is 0 Å². The number of hydrogen-bond donors (Lipinski definition) is 1. The van der Waals surface area contributed by atoms with Crippen molar-refractivity contribution in [3.8, 4) is 0 Å². The average Bonchev–Trinajstić information content (AvgIpc) is 1.83. The molecule has 0 radical (unpaired) electrons. The molecule has 2 fully saturated rings. The summed E-state index contributed by atoms with van der Waals surface area (Å²) in [6.07, 6.45) is 5.55. The second-order valence-corrected chi connectivity index (χ2v) is 3.87. The van der Waals surface area contributed by atoms with Crippen molar-refractivity contribution >= 4 is 0 Å². The molecule has 2 aliphatic carbocycles. The van der Waals surface area contributed by atoms with Gasteiger partial charge in [0.2, 0.25) is 0 Å². The first-order valence-corrected chi connectivity index (χ1v) is 4.67. The third-order valence-electron chi connectivity index (χ3n) is 3.50. The standard InChI is InChI=1S/C9H17NO/c1-2-11-8-6-7(10)9(8)4-3-5-9/h7-8H,2-6,10H2,1H3/t7-,8+/m1/s1. The van der Waals surface area contributed by atoms with Crippen LogP contribution in [0.4, 0.5) is 0 Å². The van der Waals surface area contributed by atoms with Crippen LogP contribution in [-0.4, -0.2) is 18.8 Å². The summed E-state index contributed by atoms with van der Waals surface area (Å²) < 4.78 is 5.63. The lowest BCUT2D eigenvalue weighted by Crippen LogP contribution is -2.65. The van der Waals surface area contributed by atoms with Crippen molar-refractivity contribution in [2.45, 2.75) is 44.8 Å². The van der Waals surface area contributed by atoms with E-state index in [4.69, 9.17) is 10.5 Å². The van der Waals surface area contributed by atoms with Gasteiger partial charge in [0.15, 0.2) is 0 Å². The fourth-order valence-electron chi connectivity index (χ4n) is 2.49. The van der Waals surface area contributed by atoms with Gasteiger partial charge in [0, 0.05) is 18.1 Å². The highest BCUT2D eigenvalue weighted by Gasteiger charge is 2.57. The molecule has 64 valence electrons. The third-order valence-corrected chi connectivity index (χ3v) is 3.50. The van der Waals surface area contributed by atoms with Crippen molar-refractivity contribution in [1.29, 1.82) is 0 Å². The Hall–Kier alpha value is -0.0800. The van der Waals surface area contributed by atoms with E-state index in [1.165, 1.54) is 19.3 Å². The second kappa shape index (κ2) is 2.46. The smallest absolute Gasteiger partial charge is 0.0660 e. The van der Waals surface area contributed by atoms with Crippen LogP contribution in [0.5, 0.6) is 0 Å². The molecule has 0 amide bonds. The zero-order valence-electron chi connectivity index (χ0n) is 7.18. The summed E-state index contributed by atoms with van der Waals surface area (Å²) in [4.78, 5) is 0. The van der Waals surface area contributed by atoms with Gasteiger partial charge in [-0.15, -0.1) is 0 Å². The summed E-state index contributed by atoms with van der Waals surface area (Å²) in [6, 6.07) is 0.438. The lowest BCUT2D eigenvalue weighted by Gasteiger charge is -2.59. The zero-order valence-corrected chi connectivity index (χ0v) is 7.18. The van der Waals surface area contributed by atoms with E-state index in [-0.39, 0.29) is 0 Å². The van der Waals surface area contributed by atoms with Gasteiger partial charge in [-0.1, -0.05) is 6.42 Å². The van der Waals surface area contributed by atoms with E-state index in [0.29, 0.717) is 17.6 Å². The molecule has 2 heteroatoms. The summed E-state index contributed by atoms with van der Waals surface area (Å²) in [7, 11) is 0.